The van der Waals surface area contributed by atoms with Crippen molar-refractivity contribution < 1.29 is 4.58 Å². The molecule has 0 aliphatic carbocycles. The van der Waals surface area contributed by atoms with Crippen molar-refractivity contribution in [1.29, 1.82) is 0 Å². The number of hydrogen-bond acceptors (Lipinski definition) is 2. The molecule has 0 unspecified atom stereocenters. The first-order chi connectivity index (χ1) is 5.57. The highest BCUT2D eigenvalue weighted by Gasteiger charge is 2.30. The third-order valence-corrected chi connectivity index (χ3v) is 2.35. The van der Waals surface area contributed by atoms with Gasteiger partial charge in [-0.1, -0.05) is 0 Å². The normalized spacial score (nSPS) is 19.2. The minimum absolute atomic E-state index is 0.949. The molecule has 68 valence electrons. The van der Waals surface area contributed by atoms with E-state index >= 15 is 0 Å². The van der Waals surface area contributed by atoms with Crippen molar-refractivity contribution in [3.63, 3.8) is 0 Å². The molecule has 1 aliphatic heterocycles. The summed E-state index contributed by atoms with van der Waals surface area (Å²) < 4.78 is 2.03. The zero-order chi connectivity index (χ0) is 9.30. The average molecular weight is 168 g/mol. The Balaban J connectivity index is 2.87. The van der Waals surface area contributed by atoms with Crippen LogP contribution in [0.25, 0.3) is 0 Å². The van der Waals surface area contributed by atoms with Gasteiger partial charge in [-0.2, -0.15) is 5.01 Å². The molecular formula is C9H18N3+. The lowest BCUT2D eigenvalue weighted by Crippen LogP contribution is -2.33. The standard InChI is InChI=1S/C9H18N3/c1-6-10(3)9-8(2)7-11(4)12(9)5/h3,6-7H2,1-2,4-5H3/q+1. The summed E-state index contributed by atoms with van der Waals surface area (Å²) in [6.45, 7) is 10.2. The van der Waals surface area contributed by atoms with Gasteiger partial charge in [-0.15, -0.1) is 5.01 Å². The van der Waals surface area contributed by atoms with Gasteiger partial charge in [0.05, 0.1) is 26.9 Å². The van der Waals surface area contributed by atoms with Crippen molar-refractivity contribution in [3.05, 3.63) is 11.4 Å². The van der Waals surface area contributed by atoms with Crippen LogP contribution in [0.3, 0.4) is 0 Å². The number of hydrazine groups is 1. The summed E-state index contributed by atoms with van der Waals surface area (Å²) in [7, 11) is 4.15. The fourth-order valence-electron chi connectivity index (χ4n) is 1.58. The first-order valence-corrected chi connectivity index (χ1v) is 4.30. The summed E-state index contributed by atoms with van der Waals surface area (Å²) in [5.74, 6) is 1.24. The van der Waals surface area contributed by atoms with E-state index in [1.54, 1.807) is 0 Å². The quantitative estimate of drug-likeness (QED) is 0.444. The molecule has 0 saturated carbocycles. The van der Waals surface area contributed by atoms with Crippen LogP contribution in [-0.4, -0.2) is 48.5 Å². The largest absolute Gasteiger partial charge is 0.294 e. The third kappa shape index (κ3) is 1.37. The Morgan fingerprint density at radius 3 is 2.42 bits per heavy atom. The maximum atomic E-state index is 3.98. The summed E-state index contributed by atoms with van der Waals surface area (Å²) >= 11 is 0. The van der Waals surface area contributed by atoms with E-state index in [9.17, 15) is 0 Å². The second-order valence-corrected chi connectivity index (χ2v) is 3.30. The average Bonchev–Trinajstić information content (AvgIpc) is 2.26. The van der Waals surface area contributed by atoms with Gasteiger partial charge >= 0.3 is 0 Å². The number of rotatable bonds is 2. The van der Waals surface area contributed by atoms with E-state index in [1.807, 2.05) is 4.58 Å². The number of likely N-dealkylation sites (N-methyl/N-ethyl adjacent to an activating group) is 1. The fourth-order valence-corrected chi connectivity index (χ4v) is 1.58. The van der Waals surface area contributed by atoms with Crippen LogP contribution in [-0.2, 0) is 0 Å². The SMILES string of the molecule is C=[N+](CC)C1=C(C)CN(C)N1C. The second kappa shape index (κ2) is 3.27. The number of hydrogen-bond donors (Lipinski definition) is 0. The van der Waals surface area contributed by atoms with E-state index in [0.29, 0.717) is 0 Å². The fraction of sp³-hybridized carbons (Fsp3) is 0.667. The van der Waals surface area contributed by atoms with Gasteiger partial charge in [0.1, 0.15) is 0 Å². The van der Waals surface area contributed by atoms with E-state index in [0.717, 1.165) is 13.1 Å². The molecule has 0 aromatic carbocycles. The lowest BCUT2D eigenvalue weighted by atomic mass is 10.3. The maximum absolute atomic E-state index is 3.98. The molecule has 0 radical (unpaired) electrons. The molecular weight excluding hydrogens is 150 g/mol. The summed E-state index contributed by atoms with van der Waals surface area (Å²) in [5, 5.41) is 4.32. The van der Waals surface area contributed by atoms with Crippen molar-refractivity contribution in [2.75, 3.05) is 27.2 Å². The van der Waals surface area contributed by atoms with E-state index in [-0.39, 0.29) is 0 Å². The van der Waals surface area contributed by atoms with Gasteiger partial charge in [0.25, 0.3) is 5.82 Å². The lowest BCUT2D eigenvalue weighted by Gasteiger charge is -2.16. The highest BCUT2D eigenvalue weighted by Crippen LogP contribution is 2.19. The summed E-state index contributed by atoms with van der Waals surface area (Å²) in [5.41, 5.74) is 1.39. The third-order valence-electron chi connectivity index (χ3n) is 2.35. The van der Waals surface area contributed by atoms with Crippen LogP contribution in [0.2, 0.25) is 0 Å². The van der Waals surface area contributed by atoms with E-state index in [2.05, 4.69) is 44.7 Å². The molecule has 0 atom stereocenters. The van der Waals surface area contributed by atoms with Crippen molar-refractivity contribution in [2.45, 2.75) is 13.8 Å². The van der Waals surface area contributed by atoms with Crippen molar-refractivity contribution in [2.24, 2.45) is 0 Å². The Hall–Kier alpha value is -0.830. The maximum Gasteiger partial charge on any atom is 0.294 e. The molecule has 0 aromatic rings. The van der Waals surface area contributed by atoms with Crippen molar-refractivity contribution in [1.82, 2.24) is 10.0 Å². The van der Waals surface area contributed by atoms with Crippen molar-refractivity contribution >= 4 is 6.72 Å². The summed E-state index contributed by atoms with van der Waals surface area (Å²) in [6.07, 6.45) is 0. The molecule has 1 rings (SSSR count). The molecule has 3 nitrogen and oxygen atoms in total. The molecule has 0 spiro atoms. The van der Waals surface area contributed by atoms with Crippen LogP contribution in [0.4, 0.5) is 0 Å². The Morgan fingerprint density at radius 2 is 2.08 bits per heavy atom. The van der Waals surface area contributed by atoms with E-state index in [4.69, 9.17) is 0 Å². The predicted molar refractivity (Wildman–Crippen MR) is 51.0 cm³/mol. The molecule has 1 aliphatic rings. The molecule has 0 amide bonds. The van der Waals surface area contributed by atoms with Crippen molar-refractivity contribution in [3.8, 4) is 0 Å². The predicted octanol–water partition coefficient (Wildman–Crippen LogP) is 0.743. The van der Waals surface area contributed by atoms with E-state index < -0.39 is 0 Å². The highest BCUT2D eigenvalue weighted by molar-refractivity contribution is 5.20. The molecule has 0 aromatic heterocycles. The Labute approximate surface area is 74.6 Å². The molecule has 0 fully saturated rings. The van der Waals surface area contributed by atoms with Crippen LogP contribution in [0.1, 0.15) is 13.8 Å². The monoisotopic (exact) mass is 168 g/mol. The minimum Gasteiger partial charge on any atom is -0.240 e. The summed E-state index contributed by atoms with van der Waals surface area (Å²) in [6, 6.07) is 0. The van der Waals surface area contributed by atoms with Gasteiger partial charge in [-0.05, 0) is 13.8 Å². The van der Waals surface area contributed by atoms with Gasteiger partial charge in [-0.25, -0.2) is 4.58 Å². The first-order valence-electron chi connectivity index (χ1n) is 4.30. The molecule has 0 N–H and O–H groups in total. The van der Waals surface area contributed by atoms with Crippen LogP contribution in [0.5, 0.6) is 0 Å². The van der Waals surface area contributed by atoms with Crippen LogP contribution in [0, 0.1) is 0 Å². The zero-order valence-electron chi connectivity index (χ0n) is 8.46. The van der Waals surface area contributed by atoms with Gasteiger partial charge < -0.3 is 0 Å². The van der Waals surface area contributed by atoms with Crippen LogP contribution in [0.15, 0.2) is 11.4 Å². The highest BCUT2D eigenvalue weighted by atomic mass is 15.6. The topological polar surface area (TPSA) is 9.49 Å². The van der Waals surface area contributed by atoms with Gasteiger partial charge in [0, 0.05) is 12.6 Å². The Bertz CT molecular complexity index is 230. The molecule has 3 heteroatoms. The Kier molecular flexibility index (Phi) is 2.52. The zero-order valence-corrected chi connectivity index (χ0v) is 8.46. The van der Waals surface area contributed by atoms with Crippen LogP contribution < -0.4 is 0 Å². The Morgan fingerprint density at radius 1 is 1.50 bits per heavy atom. The molecule has 12 heavy (non-hydrogen) atoms. The van der Waals surface area contributed by atoms with E-state index in [1.165, 1.54) is 11.4 Å². The van der Waals surface area contributed by atoms with Crippen LogP contribution >= 0.6 is 0 Å². The van der Waals surface area contributed by atoms with Gasteiger partial charge in [0.15, 0.2) is 0 Å². The molecule has 1 heterocycles. The molecule has 0 bridgehead atoms. The smallest absolute Gasteiger partial charge is 0.240 e. The minimum atomic E-state index is 0.949. The van der Waals surface area contributed by atoms with Gasteiger partial charge in [0.2, 0.25) is 0 Å². The lowest BCUT2D eigenvalue weighted by molar-refractivity contribution is -0.487. The molecule has 0 saturated heterocycles. The number of nitrogens with zero attached hydrogens (tertiary/aromatic N) is 3. The first kappa shape index (κ1) is 9.26. The van der Waals surface area contributed by atoms with Gasteiger partial charge in [-0.3, -0.25) is 0 Å². The summed E-state index contributed by atoms with van der Waals surface area (Å²) in [4.78, 5) is 0. The second-order valence-electron chi connectivity index (χ2n) is 3.30.